The van der Waals surface area contributed by atoms with E-state index in [4.69, 9.17) is 9.47 Å². The van der Waals surface area contributed by atoms with Crippen molar-refractivity contribution in [2.75, 3.05) is 12.4 Å². The Morgan fingerprint density at radius 1 is 1.12 bits per heavy atom. The SMILES string of the molecule is O=C(CSc1ccc(F)c(F)c1)NC(=O)[C@@H]1COc2ccccc2O1. The summed E-state index contributed by atoms with van der Waals surface area (Å²) in [6, 6.07) is 10.2. The lowest BCUT2D eigenvalue weighted by Gasteiger charge is -2.25. The Kier molecular flexibility index (Phi) is 5.18. The van der Waals surface area contributed by atoms with E-state index < -0.39 is 29.6 Å². The largest absolute Gasteiger partial charge is 0.485 e. The third-order valence-electron chi connectivity index (χ3n) is 3.32. The van der Waals surface area contributed by atoms with Crippen LogP contribution in [0.25, 0.3) is 0 Å². The van der Waals surface area contributed by atoms with Gasteiger partial charge in [0.25, 0.3) is 5.91 Å². The summed E-state index contributed by atoms with van der Waals surface area (Å²) in [5.74, 6) is -2.30. The number of carbonyl (C=O) groups is 2. The molecule has 0 unspecified atom stereocenters. The lowest BCUT2D eigenvalue weighted by molar-refractivity contribution is -0.135. The van der Waals surface area contributed by atoms with Gasteiger partial charge in [0, 0.05) is 4.90 Å². The molecule has 1 N–H and O–H groups in total. The third-order valence-corrected chi connectivity index (χ3v) is 4.32. The Labute approximate surface area is 146 Å². The molecule has 1 atom stereocenters. The van der Waals surface area contributed by atoms with Gasteiger partial charge in [-0.2, -0.15) is 0 Å². The predicted molar refractivity (Wildman–Crippen MR) is 86.6 cm³/mol. The fourth-order valence-electron chi connectivity index (χ4n) is 2.12. The summed E-state index contributed by atoms with van der Waals surface area (Å²) in [7, 11) is 0. The van der Waals surface area contributed by atoms with Gasteiger partial charge in [-0.3, -0.25) is 14.9 Å². The van der Waals surface area contributed by atoms with Crippen molar-refractivity contribution in [3.05, 3.63) is 54.1 Å². The minimum atomic E-state index is -0.993. The number of hydrogen-bond acceptors (Lipinski definition) is 5. The fourth-order valence-corrected chi connectivity index (χ4v) is 2.84. The van der Waals surface area contributed by atoms with Crippen LogP contribution >= 0.6 is 11.8 Å². The molecular formula is C17H13F2NO4S. The summed E-state index contributed by atoms with van der Waals surface area (Å²) >= 11 is 0.986. The van der Waals surface area contributed by atoms with Crippen molar-refractivity contribution >= 4 is 23.6 Å². The molecule has 0 aliphatic carbocycles. The first kappa shape index (κ1) is 17.2. The van der Waals surface area contributed by atoms with Crippen LogP contribution in [0.1, 0.15) is 0 Å². The molecule has 0 spiro atoms. The van der Waals surface area contributed by atoms with Gasteiger partial charge in [0.1, 0.15) is 6.61 Å². The molecule has 2 amide bonds. The number of imide groups is 1. The van der Waals surface area contributed by atoms with Crippen LogP contribution in [0, 0.1) is 11.6 Å². The number of halogens is 2. The Hall–Kier alpha value is -2.61. The van der Waals surface area contributed by atoms with Gasteiger partial charge in [-0.25, -0.2) is 8.78 Å². The van der Waals surface area contributed by atoms with Gasteiger partial charge in [-0.15, -0.1) is 11.8 Å². The highest BCUT2D eigenvalue weighted by atomic mass is 32.2. The highest BCUT2D eigenvalue weighted by Crippen LogP contribution is 2.30. The van der Waals surface area contributed by atoms with E-state index in [0.717, 1.165) is 23.9 Å². The minimum absolute atomic E-state index is 0.00750. The lowest BCUT2D eigenvalue weighted by atomic mass is 10.2. The van der Waals surface area contributed by atoms with E-state index >= 15 is 0 Å². The fraction of sp³-hybridized carbons (Fsp3) is 0.176. The van der Waals surface area contributed by atoms with Crippen LogP contribution in [0.5, 0.6) is 11.5 Å². The van der Waals surface area contributed by atoms with Gasteiger partial charge in [0.15, 0.2) is 23.1 Å². The van der Waals surface area contributed by atoms with Crippen molar-refractivity contribution in [1.29, 1.82) is 0 Å². The van der Waals surface area contributed by atoms with Gasteiger partial charge in [0.2, 0.25) is 12.0 Å². The Morgan fingerprint density at radius 2 is 1.88 bits per heavy atom. The monoisotopic (exact) mass is 365 g/mol. The number of para-hydroxylation sites is 2. The molecule has 0 saturated heterocycles. The van der Waals surface area contributed by atoms with Crippen molar-refractivity contribution in [3.63, 3.8) is 0 Å². The van der Waals surface area contributed by atoms with Crippen molar-refractivity contribution in [3.8, 4) is 11.5 Å². The third kappa shape index (κ3) is 4.27. The van der Waals surface area contributed by atoms with E-state index in [2.05, 4.69) is 5.32 Å². The summed E-state index contributed by atoms with van der Waals surface area (Å²) in [6.45, 7) is -0.00750. The Morgan fingerprint density at radius 3 is 2.64 bits per heavy atom. The van der Waals surface area contributed by atoms with Gasteiger partial charge in [-0.1, -0.05) is 12.1 Å². The van der Waals surface area contributed by atoms with Gasteiger partial charge >= 0.3 is 0 Å². The number of rotatable bonds is 4. The standard InChI is InChI=1S/C17H13F2NO4S/c18-11-6-5-10(7-12(11)19)25-9-16(21)20-17(22)15-8-23-13-3-1-2-4-14(13)24-15/h1-7,15H,8-9H2,(H,20,21,22)/t15-/m0/s1. The van der Waals surface area contributed by atoms with E-state index in [-0.39, 0.29) is 12.4 Å². The highest BCUT2D eigenvalue weighted by Gasteiger charge is 2.28. The molecule has 25 heavy (non-hydrogen) atoms. The molecule has 0 saturated carbocycles. The molecular weight excluding hydrogens is 352 g/mol. The van der Waals surface area contributed by atoms with Crippen LogP contribution in [0.2, 0.25) is 0 Å². The predicted octanol–water partition coefficient (Wildman–Crippen LogP) is 2.54. The normalized spacial score (nSPS) is 15.5. The number of fused-ring (bicyclic) bond motifs is 1. The summed E-state index contributed by atoms with van der Waals surface area (Å²) in [5, 5.41) is 2.21. The molecule has 5 nitrogen and oxygen atoms in total. The summed E-state index contributed by atoms with van der Waals surface area (Å²) in [4.78, 5) is 24.3. The van der Waals surface area contributed by atoms with Gasteiger partial charge < -0.3 is 9.47 Å². The molecule has 3 rings (SSSR count). The molecule has 130 valence electrons. The number of benzene rings is 2. The lowest BCUT2D eigenvalue weighted by Crippen LogP contribution is -2.46. The van der Waals surface area contributed by atoms with E-state index in [0.29, 0.717) is 16.4 Å². The van der Waals surface area contributed by atoms with Crippen molar-refractivity contribution in [2.45, 2.75) is 11.0 Å². The molecule has 2 aromatic carbocycles. The molecule has 2 aromatic rings. The number of ether oxygens (including phenoxy) is 2. The second kappa shape index (κ2) is 7.52. The Balaban J connectivity index is 1.51. The van der Waals surface area contributed by atoms with Gasteiger partial charge in [0.05, 0.1) is 5.75 Å². The zero-order valence-corrected chi connectivity index (χ0v) is 13.6. The summed E-state index contributed by atoms with van der Waals surface area (Å²) in [6.07, 6.45) is -0.938. The molecule has 0 fully saturated rings. The maximum Gasteiger partial charge on any atom is 0.271 e. The number of thioether (sulfide) groups is 1. The van der Waals surface area contributed by atoms with Gasteiger partial charge in [-0.05, 0) is 30.3 Å². The van der Waals surface area contributed by atoms with Crippen molar-refractivity contribution in [2.24, 2.45) is 0 Å². The van der Waals surface area contributed by atoms with E-state index in [1.165, 1.54) is 6.07 Å². The van der Waals surface area contributed by atoms with E-state index in [1.807, 2.05) is 0 Å². The molecule has 1 aliphatic heterocycles. The minimum Gasteiger partial charge on any atom is -0.485 e. The quantitative estimate of drug-likeness (QED) is 0.844. The maximum atomic E-state index is 13.1. The zero-order valence-electron chi connectivity index (χ0n) is 12.8. The first-order chi connectivity index (χ1) is 12.0. The molecule has 8 heteroatoms. The highest BCUT2D eigenvalue weighted by molar-refractivity contribution is 8.00. The Bertz CT molecular complexity index is 815. The first-order valence-corrected chi connectivity index (χ1v) is 8.31. The van der Waals surface area contributed by atoms with Crippen LogP contribution in [-0.4, -0.2) is 30.3 Å². The molecule has 0 aromatic heterocycles. The zero-order chi connectivity index (χ0) is 17.8. The smallest absolute Gasteiger partial charge is 0.271 e. The molecule has 1 heterocycles. The number of amides is 2. The average molecular weight is 365 g/mol. The molecule has 1 aliphatic rings. The number of carbonyl (C=O) groups excluding carboxylic acids is 2. The number of nitrogens with one attached hydrogen (secondary N) is 1. The average Bonchev–Trinajstić information content (AvgIpc) is 2.62. The van der Waals surface area contributed by atoms with E-state index in [1.54, 1.807) is 24.3 Å². The molecule has 0 radical (unpaired) electrons. The van der Waals surface area contributed by atoms with E-state index in [9.17, 15) is 18.4 Å². The van der Waals surface area contributed by atoms with Crippen LogP contribution in [0.4, 0.5) is 8.78 Å². The summed E-state index contributed by atoms with van der Waals surface area (Å²) < 4.78 is 36.9. The topological polar surface area (TPSA) is 64.6 Å². The second-order valence-corrected chi connectivity index (χ2v) is 6.19. The second-order valence-electron chi connectivity index (χ2n) is 5.14. The van der Waals surface area contributed by atoms with Crippen LogP contribution in [0.3, 0.4) is 0 Å². The first-order valence-electron chi connectivity index (χ1n) is 7.33. The van der Waals surface area contributed by atoms with Crippen LogP contribution in [-0.2, 0) is 9.59 Å². The van der Waals surface area contributed by atoms with Crippen LogP contribution < -0.4 is 14.8 Å². The molecule has 0 bridgehead atoms. The summed E-state index contributed by atoms with van der Waals surface area (Å²) in [5.41, 5.74) is 0. The van der Waals surface area contributed by atoms with Crippen molar-refractivity contribution in [1.82, 2.24) is 5.32 Å². The number of hydrogen-bond donors (Lipinski definition) is 1. The maximum absolute atomic E-state index is 13.1. The van der Waals surface area contributed by atoms with Crippen LogP contribution in [0.15, 0.2) is 47.4 Å². The van der Waals surface area contributed by atoms with Crippen molar-refractivity contribution < 1.29 is 27.8 Å².